The molecule has 6 aromatic carbocycles. The van der Waals surface area contributed by atoms with Gasteiger partial charge < -0.3 is 86.2 Å². The van der Waals surface area contributed by atoms with Gasteiger partial charge in [-0.2, -0.15) is 15.8 Å². The Kier molecular flexibility index (Phi) is 44.6. The molecule has 144 heavy (non-hydrogen) atoms. The number of rotatable bonds is 45. The van der Waals surface area contributed by atoms with E-state index >= 15 is 0 Å². The summed E-state index contributed by atoms with van der Waals surface area (Å²) in [4.78, 5) is 168. The van der Waals surface area contributed by atoms with E-state index in [1.54, 1.807) is 72.8 Å². The molecule has 1 saturated carbocycles. The van der Waals surface area contributed by atoms with Crippen molar-refractivity contribution in [2.45, 2.75) is 78.9 Å². The number of hydrogen-bond acceptors (Lipinski definition) is 33. The molecule has 36 nitrogen and oxygen atoms in total. The van der Waals surface area contributed by atoms with E-state index < -0.39 is 71.6 Å². The second-order valence-electron chi connectivity index (χ2n) is 32.3. The van der Waals surface area contributed by atoms with Crippen molar-refractivity contribution in [3.63, 3.8) is 0 Å². The van der Waals surface area contributed by atoms with Crippen LogP contribution in [-0.2, 0) is 114 Å². The molecule has 6 aromatic rings. The Labute approximate surface area is 835 Å². The van der Waals surface area contributed by atoms with Gasteiger partial charge in [0, 0.05) is 107 Å². The molecule has 1 heterocycles. The number of benzene rings is 6. The van der Waals surface area contributed by atoms with Gasteiger partial charge in [-0.1, -0.05) is 112 Å². The van der Waals surface area contributed by atoms with E-state index in [0.29, 0.717) is 53.4 Å². The first-order valence-electron chi connectivity index (χ1n) is 44.4. The first-order chi connectivity index (χ1) is 68.8. The molecular weight excluding hydrogens is 1850 g/mol. The Hall–Kier alpha value is -18.4. The van der Waals surface area contributed by atoms with Gasteiger partial charge in [-0.05, 0) is 203 Å². The maximum atomic E-state index is 12.7. The topological polar surface area (TPSA) is 419 Å². The average molecular weight is 1960 g/mol. The number of esters is 12. The van der Waals surface area contributed by atoms with Crippen LogP contribution in [0.5, 0.6) is 0 Å². The second-order valence-corrected chi connectivity index (χ2v) is 32.3. The minimum absolute atomic E-state index is 0.000703. The van der Waals surface area contributed by atoms with Gasteiger partial charge in [-0.3, -0.25) is 14.4 Å². The molecule has 2 atom stereocenters. The quantitative estimate of drug-likeness (QED) is 0.00855. The van der Waals surface area contributed by atoms with E-state index in [-0.39, 0.29) is 165 Å². The molecule has 1 aliphatic carbocycles. The monoisotopic (exact) mass is 1960 g/mol. The van der Waals surface area contributed by atoms with Crippen molar-refractivity contribution in [2.24, 2.45) is 0 Å². The summed E-state index contributed by atoms with van der Waals surface area (Å²) in [7, 11) is 6.04. The fraction of sp³-hybridized carbons (Fsp3) is 0.278. The third kappa shape index (κ3) is 35.9. The first-order valence-corrected chi connectivity index (χ1v) is 44.4. The van der Waals surface area contributed by atoms with Gasteiger partial charge in [-0.25, -0.2) is 57.7 Å². The number of carbonyl (C=O) groups excluding carboxylic acids is 12. The van der Waals surface area contributed by atoms with Crippen molar-refractivity contribution >= 4 is 142 Å². The van der Waals surface area contributed by atoms with E-state index in [0.717, 1.165) is 53.4 Å². The molecular formula is C108H108N12O24. The van der Waals surface area contributed by atoms with Crippen LogP contribution in [0.25, 0.3) is 51.0 Å². The largest absolute Gasteiger partial charge is 0.467 e. The average Bonchev–Trinajstić information content (AvgIpc) is 0.803. The fourth-order valence-corrected chi connectivity index (χ4v) is 13.4. The summed E-state index contributed by atoms with van der Waals surface area (Å²) in [5, 5.41) is 29.2. The van der Waals surface area contributed by atoms with E-state index in [1.165, 1.54) is 78.0 Å². The summed E-state index contributed by atoms with van der Waals surface area (Å²) < 4.78 is 60.4. The fourth-order valence-electron chi connectivity index (χ4n) is 13.4. The molecule has 0 spiro atoms. The molecule has 0 N–H and O–H groups in total. The predicted octanol–water partition coefficient (Wildman–Crippen LogP) is 14.6. The lowest BCUT2D eigenvalue weighted by Gasteiger charge is -2.47. The maximum Gasteiger partial charge on any atom is 0.349 e. The van der Waals surface area contributed by atoms with Crippen LogP contribution < -0.4 is 29.4 Å². The Morgan fingerprint density at radius 1 is 0.285 bits per heavy atom. The molecule has 0 radical (unpaired) electrons. The van der Waals surface area contributed by atoms with Gasteiger partial charge in [0.25, 0.3) is 17.1 Å². The van der Waals surface area contributed by atoms with E-state index in [1.807, 2.05) is 112 Å². The molecule has 1 aliphatic heterocycles. The summed E-state index contributed by atoms with van der Waals surface area (Å²) in [6.07, 6.45) is 10.7. The number of carbonyl (C=O) groups is 12. The van der Waals surface area contributed by atoms with E-state index in [4.69, 9.17) is 76.6 Å². The first kappa shape index (κ1) is 113. The van der Waals surface area contributed by atoms with Crippen LogP contribution in [0.1, 0.15) is 94.2 Å². The number of ether oxygens (including phenoxy) is 12. The van der Waals surface area contributed by atoms with E-state index in [9.17, 15) is 73.3 Å². The van der Waals surface area contributed by atoms with Gasteiger partial charge in [0.15, 0.2) is 0 Å². The molecule has 2 unspecified atom stereocenters. The Balaban J connectivity index is 0.000000392. The molecule has 1 saturated heterocycles. The molecule has 744 valence electrons. The van der Waals surface area contributed by atoms with E-state index in [2.05, 4.69) is 83.4 Å². The summed E-state index contributed by atoms with van der Waals surface area (Å²) in [5.74, 6) is -8.92. The molecule has 0 bridgehead atoms. The highest BCUT2D eigenvalue weighted by molar-refractivity contribution is 6.01. The molecule has 8 rings (SSSR count). The zero-order valence-corrected chi connectivity index (χ0v) is 81.2. The highest BCUT2D eigenvalue weighted by Crippen LogP contribution is 2.37. The maximum absolute atomic E-state index is 12.7. The van der Waals surface area contributed by atoms with Gasteiger partial charge in [0.05, 0.1) is 39.7 Å². The van der Waals surface area contributed by atoms with Crippen LogP contribution in [0, 0.1) is 53.7 Å². The third-order valence-corrected chi connectivity index (χ3v) is 21.2. The summed E-state index contributed by atoms with van der Waals surface area (Å²) >= 11 is 0. The van der Waals surface area contributed by atoms with Crippen LogP contribution in [0.4, 0.5) is 34.1 Å². The van der Waals surface area contributed by atoms with Crippen molar-refractivity contribution in [1.82, 2.24) is 0 Å². The third-order valence-electron chi connectivity index (χ3n) is 21.2. The highest BCUT2D eigenvalue weighted by atomic mass is 16.6. The van der Waals surface area contributed by atoms with Crippen LogP contribution >= 0.6 is 0 Å². The number of nitrogens with zero attached hydrogens (tertiary/aromatic N) is 12. The van der Waals surface area contributed by atoms with Crippen LogP contribution in [0.15, 0.2) is 252 Å². The van der Waals surface area contributed by atoms with Crippen molar-refractivity contribution in [3.8, 4) is 18.2 Å². The van der Waals surface area contributed by atoms with Crippen LogP contribution in [0.2, 0.25) is 0 Å². The molecule has 36 heteroatoms. The summed E-state index contributed by atoms with van der Waals surface area (Å²) in [5.41, 5.74) is 8.14. The zero-order valence-electron chi connectivity index (χ0n) is 81.2. The Morgan fingerprint density at radius 2 is 0.444 bits per heavy atom. The van der Waals surface area contributed by atoms with Gasteiger partial charge >= 0.3 is 71.6 Å². The number of hydrogen-bond donors (Lipinski definition) is 0. The Morgan fingerprint density at radius 3 is 0.611 bits per heavy atom. The van der Waals surface area contributed by atoms with Crippen molar-refractivity contribution in [1.29, 1.82) is 15.8 Å². The number of nitriles is 3. The SMILES string of the molecule is [C-]#[N+]/C(=C\c1ccc(N(C)C2CC(N(C)c3ccc(/C=C(\C#N)C(=O)OCCOC(=O)C(=C)C)cc3)CC(N(C)c3ccc(/C=C(\C#N)C(=O)OCCOC(=O)C(=C)C)cc3)C2)cc1)C(=O)OCCOC(=O)C(=C)C.[C-]#[N+]/C(=C\c1ccc(N2CN(c3ccc(/C=C(\[N+]#[C-])C(=O)OCCOC(=O)C(=C)C)cc3)CN(c3ccc(/C=C(\C#N)C(=O)OCCOC(=O)C(=C)C)cc3)C2)cc1)C(=O)OCCOC(=O)C(=C)C. The van der Waals surface area contributed by atoms with Crippen molar-refractivity contribution in [3.05, 3.63) is 320 Å². The highest BCUT2D eigenvalue weighted by Gasteiger charge is 2.37. The van der Waals surface area contributed by atoms with Crippen LogP contribution in [-0.4, -0.2) is 210 Å². The predicted molar refractivity (Wildman–Crippen MR) is 536 cm³/mol. The molecule has 2 aliphatic rings. The molecule has 0 amide bonds. The standard InChI is InChI=1S/C57H60N6O12.C51H48N6O12/c1-37(2)52(64)70-23-26-73-55(67)43(35-58)29-40-11-17-45(18-12-40)61(8)48-32-49(62(9)46-19-13-41(14-20-46)30-44(36-59)56(68)74-27-24-71-53(65)38(3)4)34-50(33-48)63(10)47-21-15-42(16-22-47)31-51(60-7)57(69)75-28-25-72-54(66)39(5)6;1-34(2)46(58)64-21-24-67-49(61)40(30-52)27-37-9-15-41(16-10-37)55-31-56(42-17-11-38(12-18-42)28-44(53-7)50(62)68-25-22-65-47(59)35(3)4)33-57(32-55)43-19-13-39(14-20-43)29-45(54-8)51(63)69-26-23-66-48(60)36(5)6/h11-22,29-31,48-50H,1,3,5,23-28,32-34H2,2,4,6,8-10H3;9-20,27-29H,1,3,5,21-26,31-33H2,2,4,6H3/b43-29+,44-30+,51-31-;40-27+,44-28-,45-29-. The van der Waals surface area contributed by atoms with Crippen molar-refractivity contribution in [2.75, 3.05) is 150 Å². The van der Waals surface area contributed by atoms with Gasteiger partial charge in [0.1, 0.15) is 114 Å². The van der Waals surface area contributed by atoms with Crippen molar-refractivity contribution < 1.29 is 114 Å². The minimum atomic E-state index is -0.883. The normalized spacial score (nSPS) is 13.9. The Bertz CT molecular complexity index is 5670. The molecule has 2 fully saturated rings. The zero-order chi connectivity index (χ0) is 106. The van der Waals surface area contributed by atoms with Crippen LogP contribution in [0.3, 0.4) is 0 Å². The van der Waals surface area contributed by atoms with Gasteiger partial charge in [-0.15, -0.1) is 0 Å². The summed E-state index contributed by atoms with van der Waals surface area (Å²) in [6.45, 7) is 51.2. The summed E-state index contributed by atoms with van der Waals surface area (Å²) in [6, 6.07) is 49.3. The van der Waals surface area contributed by atoms with Gasteiger partial charge in [0.2, 0.25) is 0 Å². The molecule has 0 aromatic heterocycles. The lowest BCUT2D eigenvalue weighted by Crippen LogP contribution is -2.55. The smallest absolute Gasteiger partial charge is 0.349 e. The minimum Gasteiger partial charge on any atom is -0.467 e. The lowest BCUT2D eigenvalue weighted by atomic mass is 9.84. The second kappa shape index (κ2) is 57.1. The lowest BCUT2D eigenvalue weighted by molar-refractivity contribution is -0.147. The number of anilines is 6.